The summed E-state index contributed by atoms with van der Waals surface area (Å²) in [7, 11) is 0. The zero-order chi connectivity index (χ0) is 50.3. The van der Waals surface area contributed by atoms with Gasteiger partial charge in [-0.1, -0.05) is 72.3 Å². The van der Waals surface area contributed by atoms with Gasteiger partial charge in [0.15, 0.2) is 45.9 Å². The predicted octanol–water partition coefficient (Wildman–Crippen LogP) is 2.98. The number of benzene rings is 2. The molecule has 6 amide bonds. The maximum absolute atomic E-state index is 13.3. The lowest BCUT2D eigenvalue weighted by molar-refractivity contribution is 0.0988. The van der Waals surface area contributed by atoms with E-state index in [2.05, 4.69) is 75.5 Å². The van der Waals surface area contributed by atoms with Crippen LogP contribution < -0.4 is 55.7 Å². The second-order valence-electron chi connectivity index (χ2n) is 18.0. The third kappa shape index (κ3) is 14.5. The zero-order valence-corrected chi connectivity index (χ0v) is 40.3. The number of aromatic nitrogens is 4. The van der Waals surface area contributed by atoms with E-state index >= 15 is 0 Å². The Hall–Kier alpha value is -7.49. The average Bonchev–Trinajstić information content (AvgIpc) is 3.35. The van der Waals surface area contributed by atoms with Gasteiger partial charge in [0.1, 0.15) is 5.82 Å². The quantitative estimate of drug-likeness (QED) is 0.0413. The topological polar surface area (TPSA) is 355 Å². The molecule has 0 bridgehead atoms. The first-order chi connectivity index (χ1) is 33.5. The van der Waals surface area contributed by atoms with Crippen LogP contribution in [0.15, 0.2) is 70.6 Å². The number of halogens is 1. The molecule has 22 nitrogen and oxygen atoms in total. The molecule has 2 saturated heterocycles. The van der Waals surface area contributed by atoms with Crippen molar-refractivity contribution in [3.63, 3.8) is 0 Å². The van der Waals surface area contributed by atoms with Crippen LogP contribution in [-0.4, -0.2) is 118 Å². The van der Waals surface area contributed by atoms with E-state index < -0.39 is 11.8 Å². The molecule has 2 aromatic heterocycles. The number of unbranched alkanes of at least 4 members (excludes halogenated alkanes) is 1. The molecule has 0 unspecified atom stereocenters. The van der Waals surface area contributed by atoms with E-state index in [1.807, 2.05) is 46.2 Å². The van der Waals surface area contributed by atoms with Crippen LogP contribution in [0.2, 0.25) is 5.15 Å². The van der Waals surface area contributed by atoms with E-state index in [0.29, 0.717) is 96.6 Å². The number of hydrogen-bond acceptors (Lipinski definition) is 12. The monoisotopic (exact) mass is 981 g/mol. The van der Waals surface area contributed by atoms with Crippen molar-refractivity contribution in [3.8, 4) is 0 Å². The summed E-state index contributed by atoms with van der Waals surface area (Å²) in [6, 6.07) is 20.1. The van der Waals surface area contributed by atoms with Gasteiger partial charge in [-0.15, -0.1) is 0 Å². The summed E-state index contributed by atoms with van der Waals surface area (Å²) < 4.78 is 0. The predicted molar refractivity (Wildman–Crippen MR) is 271 cm³/mol. The third-order valence-electron chi connectivity index (χ3n) is 13.1. The van der Waals surface area contributed by atoms with E-state index in [1.54, 1.807) is 6.92 Å². The number of nitrogens with zero attached hydrogens (tertiary/aromatic N) is 8. The van der Waals surface area contributed by atoms with Crippen molar-refractivity contribution in [1.82, 2.24) is 51.0 Å². The molecule has 2 aliphatic rings. The van der Waals surface area contributed by atoms with Crippen molar-refractivity contribution in [1.29, 1.82) is 0 Å². The number of carbonyl (C=O) groups is 4. The normalized spacial score (nSPS) is 15.7. The van der Waals surface area contributed by atoms with Gasteiger partial charge in [0.2, 0.25) is 0 Å². The number of hydrogen-bond donors (Lipinski definition) is 10. The molecule has 6 rings (SSSR count). The number of amides is 6. The Balaban J connectivity index is 0.931. The van der Waals surface area contributed by atoms with Crippen LogP contribution in [0.1, 0.15) is 89.2 Å². The average molecular weight is 982 g/mol. The van der Waals surface area contributed by atoms with Gasteiger partial charge in [-0.05, 0) is 93.1 Å². The Morgan fingerprint density at radius 1 is 0.586 bits per heavy atom. The molecule has 374 valence electrons. The summed E-state index contributed by atoms with van der Waals surface area (Å²) >= 11 is 5.95. The summed E-state index contributed by atoms with van der Waals surface area (Å²) in [5.41, 5.74) is 37.4. The minimum absolute atomic E-state index is 0.0664. The highest BCUT2D eigenvalue weighted by Crippen LogP contribution is 2.37. The first-order valence-electron chi connectivity index (χ1n) is 23.4. The van der Waals surface area contributed by atoms with Crippen LogP contribution >= 0.6 is 11.6 Å². The Bertz CT molecular complexity index is 2340. The number of anilines is 4. The van der Waals surface area contributed by atoms with E-state index in [-0.39, 0.29) is 74.6 Å². The SMILES string of the molecule is Cc1nc(C(=O)/N=C(\N)NCC2(CCc3ccccc3)CCN(C(=O)NCCCCNC(=O)N3CCC(CCc4ccccc4)(CN/C(N)=N/C(=O)c4nc(Cl)c(N)nc4N)CC3)CC2)c(N)nc1N. The summed E-state index contributed by atoms with van der Waals surface area (Å²) in [6.07, 6.45) is 7.46. The third-order valence-corrected chi connectivity index (χ3v) is 13.4. The fourth-order valence-corrected chi connectivity index (χ4v) is 8.76. The van der Waals surface area contributed by atoms with Gasteiger partial charge in [0.25, 0.3) is 0 Å². The standard InChI is InChI=1S/C47H65ClN18O4/c1-30-36(49)61-37(50)33(59-30)40(67)63-42(53)57-28-46(16-14-31-10-4-2-5-11-31)18-24-65(25-19-46)44(69)55-22-8-9-23-56-45(70)66-26-20-47(21-27-66,17-15-32-12-6-3-7-13-32)29-58-43(54)64-41(68)34-38(51)62-39(52)35(48)60-34/h2-7,10-13H,8-9,14-29H2,1H3,(H,55,69)(H,56,70)(H4,49,50,61)(H4,51,52,62)(H3,53,57,63,67)(H3,54,58,64,68). The maximum Gasteiger partial charge on any atom is 0.317 e. The van der Waals surface area contributed by atoms with E-state index in [9.17, 15) is 19.2 Å². The van der Waals surface area contributed by atoms with Gasteiger partial charge >= 0.3 is 23.9 Å². The molecule has 70 heavy (non-hydrogen) atoms. The highest BCUT2D eigenvalue weighted by atomic mass is 35.5. The van der Waals surface area contributed by atoms with Crippen molar-refractivity contribution in [2.24, 2.45) is 32.3 Å². The minimum atomic E-state index is -0.811. The molecule has 0 aliphatic carbocycles. The molecule has 4 aromatic rings. The van der Waals surface area contributed by atoms with Gasteiger partial charge in [-0.25, -0.2) is 29.5 Å². The number of nitrogens with one attached hydrogen (secondary N) is 4. The fourth-order valence-electron chi connectivity index (χ4n) is 8.63. The molecule has 2 aromatic carbocycles. The van der Waals surface area contributed by atoms with Crippen molar-refractivity contribution >= 4 is 70.7 Å². The lowest BCUT2D eigenvalue weighted by Crippen LogP contribution is -2.51. The first-order valence-corrected chi connectivity index (χ1v) is 23.8. The lowest BCUT2D eigenvalue weighted by atomic mass is 9.74. The molecular formula is C47H65ClN18O4. The van der Waals surface area contributed by atoms with Gasteiger partial charge in [-0.2, -0.15) is 9.98 Å². The number of aryl methyl sites for hydroxylation is 3. The van der Waals surface area contributed by atoms with Crippen LogP contribution in [-0.2, 0) is 12.8 Å². The van der Waals surface area contributed by atoms with Crippen molar-refractivity contribution in [2.45, 2.75) is 71.1 Å². The Morgan fingerprint density at radius 3 is 1.41 bits per heavy atom. The number of nitrogen functional groups attached to an aromatic ring is 4. The van der Waals surface area contributed by atoms with Crippen LogP contribution in [0, 0.1) is 17.8 Å². The molecule has 2 fully saturated rings. The Morgan fingerprint density at radius 2 is 0.986 bits per heavy atom. The molecule has 23 heteroatoms. The molecule has 2 aliphatic heterocycles. The second kappa shape index (κ2) is 24.2. The molecule has 16 N–H and O–H groups in total. The molecular weight excluding hydrogens is 916 g/mol. The highest BCUT2D eigenvalue weighted by molar-refractivity contribution is 6.31. The van der Waals surface area contributed by atoms with Crippen LogP contribution in [0.4, 0.5) is 32.9 Å². The fraction of sp³-hybridized carbons (Fsp3) is 0.447. The van der Waals surface area contributed by atoms with E-state index in [1.165, 1.54) is 11.1 Å². The maximum atomic E-state index is 13.3. The zero-order valence-electron chi connectivity index (χ0n) is 39.6. The highest BCUT2D eigenvalue weighted by Gasteiger charge is 2.37. The number of guanidine groups is 2. The van der Waals surface area contributed by atoms with Crippen LogP contribution in [0.3, 0.4) is 0 Å². The smallest absolute Gasteiger partial charge is 0.317 e. The summed E-state index contributed by atoms with van der Waals surface area (Å²) in [6.45, 7) is 5.54. The van der Waals surface area contributed by atoms with Crippen LogP contribution in [0.5, 0.6) is 0 Å². The number of urea groups is 2. The number of carbonyl (C=O) groups excluding carboxylic acids is 4. The second-order valence-corrected chi connectivity index (χ2v) is 18.3. The Labute approximate surface area is 412 Å². The van der Waals surface area contributed by atoms with Crippen molar-refractivity contribution < 1.29 is 19.2 Å². The minimum Gasteiger partial charge on any atom is -0.382 e. The van der Waals surface area contributed by atoms with Crippen molar-refractivity contribution in [2.75, 3.05) is 75.3 Å². The van der Waals surface area contributed by atoms with Gasteiger partial charge in [0.05, 0.1) is 5.69 Å². The van der Waals surface area contributed by atoms with Crippen molar-refractivity contribution in [3.05, 3.63) is 94.0 Å². The summed E-state index contributed by atoms with van der Waals surface area (Å²) in [5.74, 6) is -2.02. The molecule has 0 saturated carbocycles. The number of aliphatic imine (C=N–C) groups is 2. The van der Waals surface area contributed by atoms with E-state index in [4.69, 9.17) is 46.0 Å². The number of piperidine rings is 2. The molecule has 0 spiro atoms. The first kappa shape index (κ1) is 51.9. The molecule has 0 radical (unpaired) electrons. The summed E-state index contributed by atoms with van der Waals surface area (Å²) in [5, 5.41) is 12.2. The number of rotatable bonds is 17. The summed E-state index contributed by atoms with van der Waals surface area (Å²) in [4.78, 5) is 79.7. The molecule has 0 atom stereocenters. The largest absolute Gasteiger partial charge is 0.382 e. The number of likely N-dealkylation sites (tertiary alicyclic amines) is 2. The van der Waals surface area contributed by atoms with E-state index in [0.717, 1.165) is 25.7 Å². The van der Waals surface area contributed by atoms with Crippen LogP contribution in [0.25, 0.3) is 0 Å². The number of nitrogens with two attached hydrogens (primary N) is 6. The van der Waals surface area contributed by atoms with Gasteiger partial charge in [-0.3, -0.25) is 9.59 Å². The Kier molecular flexibility index (Phi) is 17.9. The molecule has 4 heterocycles. The van der Waals surface area contributed by atoms with Gasteiger partial charge < -0.3 is 65.5 Å². The van der Waals surface area contributed by atoms with Gasteiger partial charge in [0, 0.05) is 52.4 Å². The lowest BCUT2D eigenvalue weighted by Gasteiger charge is -2.42.